The maximum absolute atomic E-state index is 5.49. The zero-order valence-corrected chi connectivity index (χ0v) is 12.5. The molecule has 1 saturated heterocycles. The SMILES string of the molecule is CCCCN1CSCCOCCOCCSC1. The predicted molar refractivity (Wildman–Crippen MR) is 77.9 cm³/mol. The van der Waals surface area contributed by atoms with Crippen LogP contribution in [0.1, 0.15) is 19.8 Å². The van der Waals surface area contributed by atoms with Crippen molar-refractivity contribution in [3.63, 3.8) is 0 Å². The fourth-order valence-corrected chi connectivity index (χ4v) is 3.30. The van der Waals surface area contributed by atoms with Gasteiger partial charge in [0.1, 0.15) is 0 Å². The van der Waals surface area contributed by atoms with Crippen LogP contribution < -0.4 is 0 Å². The van der Waals surface area contributed by atoms with E-state index in [1.807, 2.05) is 23.5 Å². The van der Waals surface area contributed by atoms with Crippen molar-refractivity contribution in [1.82, 2.24) is 4.90 Å². The molecule has 1 aliphatic rings. The van der Waals surface area contributed by atoms with E-state index < -0.39 is 0 Å². The van der Waals surface area contributed by atoms with Gasteiger partial charge in [0.05, 0.1) is 26.4 Å². The van der Waals surface area contributed by atoms with Gasteiger partial charge in [-0.25, -0.2) is 0 Å². The Morgan fingerprint density at radius 3 is 2.06 bits per heavy atom. The molecule has 102 valence electrons. The second-order valence-electron chi connectivity index (χ2n) is 4.05. The van der Waals surface area contributed by atoms with Gasteiger partial charge in [-0.05, 0) is 13.0 Å². The molecule has 0 spiro atoms. The molecule has 0 radical (unpaired) electrons. The molecule has 0 amide bonds. The zero-order valence-electron chi connectivity index (χ0n) is 10.9. The van der Waals surface area contributed by atoms with Crippen LogP contribution in [0.15, 0.2) is 0 Å². The van der Waals surface area contributed by atoms with Crippen LogP contribution in [0.2, 0.25) is 0 Å². The molecular formula is C12H25NO2S2. The Hall–Kier alpha value is 0.580. The summed E-state index contributed by atoms with van der Waals surface area (Å²) in [5.74, 6) is 4.45. The number of ether oxygens (including phenoxy) is 2. The first-order valence-corrected chi connectivity index (χ1v) is 8.77. The van der Waals surface area contributed by atoms with Crippen LogP contribution in [-0.2, 0) is 9.47 Å². The summed E-state index contributed by atoms with van der Waals surface area (Å²) in [4.78, 5) is 2.54. The third-order valence-electron chi connectivity index (χ3n) is 2.49. The Morgan fingerprint density at radius 1 is 0.941 bits per heavy atom. The van der Waals surface area contributed by atoms with E-state index in [1.165, 1.54) is 19.4 Å². The van der Waals surface area contributed by atoms with E-state index in [2.05, 4.69) is 11.8 Å². The lowest BCUT2D eigenvalue weighted by Crippen LogP contribution is -2.24. The topological polar surface area (TPSA) is 21.7 Å². The Balaban J connectivity index is 2.20. The van der Waals surface area contributed by atoms with Crippen molar-refractivity contribution in [2.75, 3.05) is 56.2 Å². The minimum absolute atomic E-state index is 0.741. The molecule has 17 heavy (non-hydrogen) atoms. The first kappa shape index (κ1) is 15.6. The number of unbranched alkanes of at least 4 members (excludes halogenated alkanes) is 1. The van der Waals surface area contributed by atoms with Gasteiger partial charge in [-0.1, -0.05) is 13.3 Å². The lowest BCUT2D eigenvalue weighted by Gasteiger charge is -2.21. The highest BCUT2D eigenvalue weighted by molar-refractivity contribution is 8.00. The molecule has 1 aliphatic heterocycles. The van der Waals surface area contributed by atoms with Crippen molar-refractivity contribution in [3.05, 3.63) is 0 Å². The maximum Gasteiger partial charge on any atom is 0.0700 e. The average Bonchev–Trinajstić information content (AvgIpc) is 2.37. The molecule has 0 atom stereocenters. The summed E-state index contributed by atoms with van der Waals surface area (Å²) in [6.07, 6.45) is 2.58. The van der Waals surface area contributed by atoms with E-state index in [0.29, 0.717) is 0 Å². The number of hydrogen-bond donors (Lipinski definition) is 0. The van der Waals surface area contributed by atoms with E-state index >= 15 is 0 Å². The highest BCUT2D eigenvalue weighted by atomic mass is 32.2. The lowest BCUT2D eigenvalue weighted by molar-refractivity contribution is 0.0605. The molecule has 1 rings (SSSR count). The number of hydrogen-bond acceptors (Lipinski definition) is 5. The molecule has 0 aliphatic carbocycles. The third kappa shape index (κ3) is 9.19. The average molecular weight is 279 g/mol. The van der Waals surface area contributed by atoms with Gasteiger partial charge in [-0.2, -0.15) is 0 Å². The summed E-state index contributed by atoms with van der Waals surface area (Å²) in [6, 6.07) is 0. The van der Waals surface area contributed by atoms with Crippen LogP contribution in [0.3, 0.4) is 0 Å². The molecule has 1 heterocycles. The first-order chi connectivity index (χ1) is 8.43. The summed E-state index contributed by atoms with van der Waals surface area (Å²) >= 11 is 3.96. The van der Waals surface area contributed by atoms with Crippen LogP contribution in [0.25, 0.3) is 0 Å². The zero-order chi connectivity index (χ0) is 12.2. The van der Waals surface area contributed by atoms with Gasteiger partial charge < -0.3 is 9.47 Å². The second-order valence-corrected chi connectivity index (χ2v) is 6.20. The fraction of sp³-hybridized carbons (Fsp3) is 1.00. The van der Waals surface area contributed by atoms with Crippen LogP contribution in [0.4, 0.5) is 0 Å². The molecule has 5 heteroatoms. The number of rotatable bonds is 3. The highest BCUT2D eigenvalue weighted by Gasteiger charge is 2.05. The maximum atomic E-state index is 5.49. The van der Waals surface area contributed by atoms with Crippen molar-refractivity contribution >= 4 is 23.5 Å². The molecule has 0 aromatic heterocycles. The minimum Gasteiger partial charge on any atom is -0.378 e. The largest absolute Gasteiger partial charge is 0.378 e. The molecule has 0 unspecified atom stereocenters. The van der Waals surface area contributed by atoms with Gasteiger partial charge in [-0.15, -0.1) is 23.5 Å². The molecule has 0 aromatic carbocycles. The van der Waals surface area contributed by atoms with Gasteiger partial charge in [0.15, 0.2) is 0 Å². The smallest absolute Gasteiger partial charge is 0.0700 e. The first-order valence-electron chi connectivity index (χ1n) is 6.47. The summed E-state index contributed by atoms with van der Waals surface area (Å²) < 4.78 is 11.0. The lowest BCUT2D eigenvalue weighted by atomic mass is 10.3. The predicted octanol–water partition coefficient (Wildman–Crippen LogP) is 2.52. The standard InChI is InChI=1S/C12H25NO2S2/c1-2-3-4-13-11-16-9-7-14-5-6-15-8-10-17-12-13/h2-12H2,1H3. The van der Waals surface area contributed by atoms with Crippen LogP contribution in [0.5, 0.6) is 0 Å². The summed E-state index contributed by atoms with van der Waals surface area (Å²) in [6.45, 7) is 6.65. The van der Waals surface area contributed by atoms with Crippen LogP contribution >= 0.6 is 23.5 Å². The Morgan fingerprint density at radius 2 is 1.53 bits per heavy atom. The fourth-order valence-electron chi connectivity index (χ4n) is 1.49. The van der Waals surface area contributed by atoms with E-state index in [-0.39, 0.29) is 0 Å². The van der Waals surface area contributed by atoms with Gasteiger partial charge in [-0.3, -0.25) is 4.90 Å². The normalized spacial score (nSPS) is 22.4. The van der Waals surface area contributed by atoms with Crippen molar-refractivity contribution in [2.45, 2.75) is 19.8 Å². The third-order valence-corrected chi connectivity index (χ3v) is 4.50. The summed E-state index contributed by atoms with van der Waals surface area (Å²) in [5, 5.41) is 0. The molecular weight excluding hydrogens is 254 g/mol. The van der Waals surface area contributed by atoms with E-state index in [0.717, 1.165) is 49.7 Å². The monoisotopic (exact) mass is 279 g/mol. The quantitative estimate of drug-likeness (QED) is 0.789. The van der Waals surface area contributed by atoms with E-state index in [4.69, 9.17) is 9.47 Å². The number of thioether (sulfide) groups is 2. The molecule has 0 saturated carbocycles. The van der Waals surface area contributed by atoms with E-state index in [9.17, 15) is 0 Å². The molecule has 0 bridgehead atoms. The molecule has 0 aromatic rings. The second kappa shape index (κ2) is 11.7. The van der Waals surface area contributed by atoms with Gasteiger partial charge in [0, 0.05) is 23.3 Å². The van der Waals surface area contributed by atoms with Crippen molar-refractivity contribution in [3.8, 4) is 0 Å². The Labute approximate surface area is 114 Å². The Kier molecular flexibility index (Phi) is 10.7. The Bertz CT molecular complexity index is 159. The summed E-state index contributed by atoms with van der Waals surface area (Å²) in [7, 11) is 0. The van der Waals surface area contributed by atoms with Crippen molar-refractivity contribution < 1.29 is 9.47 Å². The van der Waals surface area contributed by atoms with Gasteiger partial charge in [0.2, 0.25) is 0 Å². The van der Waals surface area contributed by atoms with Crippen LogP contribution in [0, 0.1) is 0 Å². The molecule has 1 fully saturated rings. The van der Waals surface area contributed by atoms with Gasteiger partial charge in [0.25, 0.3) is 0 Å². The van der Waals surface area contributed by atoms with Gasteiger partial charge >= 0.3 is 0 Å². The summed E-state index contributed by atoms with van der Waals surface area (Å²) in [5.41, 5.74) is 0. The van der Waals surface area contributed by atoms with Crippen LogP contribution in [-0.4, -0.2) is 61.1 Å². The molecule has 0 N–H and O–H groups in total. The van der Waals surface area contributed by atoms with Crippen molar-refractivity contribution in [1.29, 1.82) is 0 Å². The highest BCUT2D eigenvalue weighted by Crippen LogP contribution is 2.11. The number of nitrogens with zero attached hydrogens (tertiary/aromatic N) is 1. The molecule has 3 nitrogen and oxygen atoms in total. The van der Waals surface area contributed by atoms with Crippen molar-refractivity contribution in [2.24, 2.45) is 0 Å². The minimum atomic E-state index is 0.741. The van der Waals surface area contributed by atoms with E-state index in [1.54, 1.807) is 0 Å².